The maximum Gasteiger partial charge on any atom is 0.268 e. The van der Waals surface area contributed by atoms with Crippen molar-refractivity contribution in [2.24, 2.45) is 0 Å². The summed E-state index contributed by atoms with van der Waals surface area (Å²) in [5.74, 6) is -0.660. The van der Waals surface area contributed by atoms with Crippen LogP contribution in [0.1, 0.15) is 48.2 Å². The second-order valence-electron chi connectivity index (χ2n) is 9.55. The molecule has 3 aromatic rings. The number of carbonyl (C=O) groups is 1. The molecule has 0 unspecified atom stereocenters. The lowest BCUT2D eigenvalue weighted by molar-refractivity contribution is 0.0601. The molecule has 0 radical (unpaired) electrons. The van der Waals surface area contributed by atoms with Crippen LogP contribution in [-0.4, -0.2) is 28.1 Å². The van der Waals surface area contributed by atoms with Crippen LogP contribution in [0.2, 0.25) is 5.02 Å². The highest BCUT2D eigenvalue weighted by molar-refractivity contribution is 6.34. The van der Waals surface area contributed by atoms with Crippen LogP contribution in [0.5, 0.6) is 5.88 Å². The second kappa shape index (κ2) is 7.38. The number of hydrogen-bond donors (Lipinski definition) is 2. The number of nitrogens with zero attached hydrogens (tertiary/aromatic N) is 3. The first-order chi connectivity index (χ1) is 16.3. The van der Waals surface area contributed by atoms with Gasteiger partial charge in [0.25, 0.3) is 5.91 Å². The fourth-order valence-corrected chi connectivity index (χ4v) is 5.21. The van der Waals surface area contributed by atoms with E-state index in [1.807, 2.05) is 6.07 Å². The molecule has 3 heterocycles. The van der Waals surface area contributed by atoms with E-state index in [0.717, 1.165) is 18.8 Å². The monoisotopic (exact) mass is 479 g/mol. The maximum absolute atomic E-state index is 14.6. The Labute approximate surface area is 201 Å². The summed E-state index contributed by atoms with van der Waals surface area (Å²) in [5.41, 5.74) is 2.73. The quantitative estimate of drug-likeness (QED) is 0.555. The molecule has 0 bridgehead atoms. The van der Waals surface area contributed by atoms with Crippen molar-refractivity contribution in [3.8, 4) is 5.88 Å². The summed E-state index contributed by atoms with van der Waals surface area (Å²) in [7, 11) is 0. The van der Waals surface area contributed by atoms with Crippen LogP contribution in [0.4, 0.5) is 21.7 Å². The van der Waals surface area contributed by atoms with Crippen LogP contribution in [-0.2, 0) is 12.0 Å². The topological polar surface area (TPSA) is 79.4 Å². The standard InChI is InChI=1S/C25H23ClFN5O2/c1-24(2)32(20-18(26)4-3-5-19(20)27)22(33)16-12-29-23(31-21(16)34-24)30-15-6-7-17-14(10-15)11-28-13-25(17)8-9-25/h3-7,10,12,28H,8-9,11,13H2,1-2H3,(H,29,30,31). The average molecular weight is 480 g/mol. The first kappa shape index (κ1) is 21.3. The zero-order valence-electron chi connectivity index (χ0n) is 18.8. The fraction of sp³-hybridized carbons (Fsp3) is 0.320. The van der Waals surface area contributed by atoms with Crippen LogP contribution < -0.4 is 20.3 Å². The molecule has 2 N–H and O–H groups in total. The highest BCUT2D eigenvalue weighted by atomic mass is 35.5. The van der Waals surface area contributed by atoms with Crippen molar-refractivity contribution in [3.05, 3.63) is 70.1 Å². The van der Waals surface area contributed by atoms with Gasteiger partial charge in [0.05, 0.1) is 5.02 Å². The zero-order chi connectivity index (χ0) is 23.7. The second-order valence-corrected chi connectivity index (χ2v) is 9.96. The molecular weight excluding hydrogens is 457 g/mol. The number of nitrogens with one attached hydrogen (secondary N) is 2. The normalized spacial score (nSPS) is 19.3. The molecule has 1 saturated carbocycles. The minimum atomic E-state index is -1.22. The van der Waals surface area contributed by atoms with Gasteiger partial charge in [0, 0.05) is 30.4 Å². The molecule has 2 aliphatic heterocycles. The summed E-state index contributed by atoms with van der Waals surface area (Å²) >= 11 is 6.23. The Morgan fingerprint density at radius 2 is 2.06 bits per heavy atom. The van der Waals surface area contributed by atoms with E-state index in [1.165, 1.54) is 53.3 Å². The first-order valence-electron chi connectivity index (χ1n) is 11.2. The van der Waals surface area contributed by atoms with E-state index >= 15 is 0 Å². The third-order valence-electron chi connectivity index (χ3n) is 6.80. The maximum atomic E-state index is 14.6. The molecule has 0 saturated heterocycles. The molecule has 174 valence electrons. The van der Waals surface area contributed by atoms with Gasteiger partial charge in [-0.15, -0.1) is 0 Å². The number of benzene rings is 2. The Bertz CT molecular complexity index is 1320. The van der Waals surface area contributed by atoms with E-state index < -0.39 is 17.4 Å². The van der Waals surface area contributed by atoms with Gasteiger partial charge in [-0.1, -0.05) is 23.7 Å². The van der Waals surface area contributed by atoms with E-state index in [2.05, 4.69) is 32.7 Å². The van der Waals surface area contributed by atoms with Crippen molar-refractivity contribution in [2.45, 2.75) is 44.4 Å². The van der Waals surface area contributed by atoms with Crippen molar-refractivity contribution < 1.29 is 13.9 Å². The van der Waals surface area contributed by atoms with E-state index in [1.54, 1.807) is 13.8 Å². The average Bonchev–Trinajstić information content (AvgIpc) is 3.55. The number of hydrogen-bond acceptors (Lipinski definition) is 6. The van der Waals surface area contributed by atoms with E-state index in [4.69, 9.17) is 16.3 Å². The number of ether oxygens (including phenoxy) is 1. The van der Waals surface area contributed by atoms with Gasteiger partial charge in [-0.25, -0.2) is 9.37 Å². The predicted octanol–water partition coefficient (Wildman–Crippen LogP) is 4.92. The molecule has 1 aliphatic carbocycles. The molecule has 1 fully saturated rings. The molecular formula is C25H23ClFN5O2. The Balaban J connectivity index is 1.31. The molecule has 2 aromatic carbocycles. The summed E-state index contributed by atoms with van der Waals surface area (Å²) in [4.78, 5) is 23.3. The number of rotatable bonds is 3. The van der Waals surface area contributed by atoms with Crippen LogP contribution in [0.15, 0.2) is 42.6 Å². The lowest BCUT2D eigenvalue weighted by Gasteiger charge is -2.42. The van der Waals surface area contributed by atoms with Gasteiger partial charge in [0.15, 0.2) is 5.72 Å². The van der Waals surface area contributed by atoms with Crippen LogP contribution in [0.25, 0.3) is 0 Å². The third-order valence-corrected chi connectivity index (χ3v) is 7.10. The molecule has 1 amide bonds. The summed E-state index contributed by atoms with van der Waals surface area (Å²) in [6.45, 7) is 5.20. The lowest BCUT2D eigenvalue weighted by Crippen LogP contribution is -2.56. The predicted molar refractivity (Wildman–Crippen MR) is 127 cm³/mol. The molecule has 6 rings (SSSR count). The number of fused-ring (bicyclic) bond motifs is 3. The largest absolute Gasteiger partial charge is 0.450 e. The van der Waals surface area contributed by atoms with Crippen LogP contribution in [0.3, 0.4) is 0 Å². The van der Waals surface area contributed by atoms with Crippen LogP contribution in [0, 0.1) is 5.82 Å². The third kappa shape index (κ3) is 3.32. The van der Waals surface area contributed by atoms with Crippen molar-refractivity contribution in [2.75, 3.05) is 16.8 Å². The number of aromatic nitrogens is 2. The highest BCUT2D eigenvalue weighted by Gasteiger charge is 2.47. The minimum absolute atomic E-state index is 0.0388. The first-order valence-corrected chi connectivity index (χ1v) is 11.6. The van der Waals surface area contributed by atoms with Gasteiger partial charge in [-0.2, -0.15) is 4.98 Å². The van der Waals surface area contributed by atoms with Gasteiger partial charge in [-0.05, 0) is 62.1 Å². The van der Waals surface area contributed by atoms with E-state index in [9.17, 15) is 9.18 Å². The summed E-state index contributed by atoms with van der Waals surface area (Å²) in [6, 6.07) is 10.6. The van der Waals surface area contributed by atoms with Gasteiger partial charge >= 0.3 is 0 Å². The van der Waals surface area contributed by atoms with E-state index in [0.29, 0.717) is 11.4 Å². The Kier molecular flexibility index (Phi) is 4.63. The van der Waals surface area contributed by atoms with Gasteiger partial charge in [-0.3, -0.25) is 9.69 Å². The molecule has 1 aromatic heterocycles. The van der Waals surface area contributed by atoms with Crippen molar-refractivity contribution >= 4 is 34.8 Å². The Morgan fingerprint density at radius 3 is 2.82 bits per heavy atom. The fourth-order valence-electron chi connectivity index (χ4n) is 4.96. The zero-order valence-corrected chi connectivity index (χ0v) is 19.5. The summed E-state index contributed by atoms with van der Waals surface area (Å²) in [5, 5.41) is 6.84. The number of halogens is 2. The summed E-state index contributed by atoms with van der Waals surface area (Å²) < 4.78 is 20.7. The number of para-hydroxylation sites is 1. The van der Waals surface area contributed by atoms with E-state index in [-0.39, 0.29) is 22.2 Å². The molecule has 3 aliphatic rings. The van der Waals surface area contributed by atoms with Crippen molar-refractivity contribution in [3.63, 3.8) is 0 Å². The number of anilines is 3. The van der Waals surface area contributed by atoms with Crippen molar-refractivity contribution in [1.29, 1.82) is 0 Å². The highest BCUT2D eigenvalue weighted by Crippen LogP contribution is 2.50. The smallest absolute Gasteiger partial charge is 0.268 e. The Hall–Kier alpha value is -3.23. The molecule has 9 heteroatoms. The minimum Gasteiger partial charge on any atom is -0.450 e. The SMILES string of the molecule is CC1(C)Oc2nc(Nc3ccc4c(c3)CNCC43CC3)ncc2C(=O)N1c1c(F)cccc1Cl. The van der Waals surface area contributed by atoms with Gasteiger partial charge in [0.1, 0.15) is 17.1 Å². The molecule has 1 spiro atoms. The van der Waals surface area contributed by atoms with Gasteiger partial charge in [0.2, 0.25) is 11.8 Å². The van der Waals surface area contributed by atoms with Crippen LogP contribution >= 0.6 is 11.6 Å². The Morgan fingerprint density at radius 1 is 1.24 bits per heavy atom. The molecule has 7 nitrogen and oxygen atoms in total. The summed E-state index contributed by atoms with van der Waals surface area (Å²) in [6.07, 6.45) is 3.84. The molecule has 0 atom stereocenters. The van der Waals surface area contributed by atoms with Gasteiger partial charge < -0.3 is 15.4 Å². The van der Waals surface area contributed by atoms with Crippen molar-refractivity contribution in [1.82, 2.24) is 15.3 Å². The number of amides is 1. The lowest BCUT2D eigenvalue weighted by atomic mass is 9.88. The molecule has 34 heavy (non-hydrogen) atoms. The number of carbonyl (C=O) groups excluding carboxylic acids is 1.